The van der Waals surface area contributed by atoms with E-state index >= 15 is 0 Å². The molecule has 3 heterocycles. The molecule has 2 aromatic heterocycles. The Bertz CT molecular complexity index is 567. The minimum atomic E-state index is 0.154. The van der Waals surface area contributed by atoms with Crippen molar-refractivity contribution in [3.8, 4) is 0 Å². The largest absolute Gasteiger partial charge is 0.296 e. The highest BCUT2D eigenvalue weighted by molar-refractivity contribution is 7.16. The van der Waals surface area contributed by atoms with Crippen LogP contribution in [-0.4, -0.2) is 9.55 Å². The van der Waals surface area contributed by atoms with Crippen molar-refractivity contribution < 1.29 is 0 Å². The predicted molar refractivity (Wildman–Crippen MR) is 56.9 cm³/mol. The SMILES string of the molecule is Cc1csc2nc3n(c(=O)c12)CCC3. The average molecular weight is 206 g/mol. The maximum atomic E-state index is 12.0. The smallest absolute Gasteiger partial charge is 0.262 e. The van der Waals surface area contributed by atoms with Crippen LogP contribution in [0, 0.1) is 6.92 Å². The molecule has 3 rings (SSSR count). The number of aryl methyl sites for hydroxylation is 2. The summed E-state index contributed by atoms with van der Waals surface area (Å²) >= 11 is 1.57. The summed E-state index contributed by atoms with van der Waals surface area (Å²) in [6.07, 6.45) is 2.00. The molecule has 14 heavy (non-hydrogen) atoms. The van der Waals surface area contributed by atoms with E-state index in [1.165, 1.54) is 0 Å². The van der Waals surface area contributed by atoms with Gasteiger partial charge in [-0.1, -0.05) is 0 Å². The third kappa shape index (κ3) is 0.917. The number of rotatable bonds is 0. The molecule has 2 aromatic rings. The highest BCUT2D eigenvalue weighted by atomic mass is 32.1. The van der Waals surface area contributed by atoms with E-state index in [1.807, 2.05) is 16.9 Å². The number of aromatic nitrogens is 2. The summed E-state index contributed by atoms with van der Waals surface area (Å²) in [4.78, 5) is 17.5. The fraction of sp³-hybridized carbons (Fsp3) is 0.400. The Balaban J connectivity index is 2.53. The maximum Gasteiger partial charge on any atom is 0.262 e. The lowest BCUT2D eigenvalue weighted by Crippen LogP contribution is -2.20. The zero-order chi connectivity index (χ0) is 9.71. The minimum absolute atomic E-state index is 0.154. The Kier molecular flexibility index (Phi) is 1.56. The molecule has 0 bridgehead atoms. The first-order chi connectivity index (χ1) is 6.77. The van der Waals surface area contributed by atoms with Crippen molar-refractivity contribution in [3.05, 3.63) is 27.1 Å². The van der Waals surface area contributed by atoms with E-state index in [0.29, 0.717) is 0 Å². The molecular formula is C10H10N2OS. The van der Waals surface area contributed by atoms with Crippen LogP contribution in [-0.2, 0) is 13.0 Å². The molecule has 0 amide bonds. The van der Waals surface area contributed by atoms with Gasteiger partial charge in [-0.05, 0) is 24.3 Å². The summed E-state index contributed by atoms with van der Waals surface area (Å²) in [5.41, 5.74) is 1.21. The molecule has 0 radical (unpaired) electrons. The summed E-state index contributed by atoms with van der Waals surface area (Å²) in [5.74, 6) is 0.962. The number of nitrogens with zero attached hydrogens (tertiary/aromatic N) is 2. The topological polar surface area (TPSA) is 34.9 Å². The van der Waals surface area contributed by atoms with E-state index in [-0.39, 0.29) is 5.56 Å². The van der Waals surface area contributed by atoms with Crippen LogP contribution in [0.1, 0.15) is 17.8 Å². The first-order valence-electron chi connectivity index (χ1n) is 4.75. The second-order valence-corrected chi connectivity index (χ2v) is 4.55. The van der Waals surface area contributed by atoms with Crippen LogP contribution in [0.5, 0.6) is 0 Å². The van der Waals surface area contributed by atoms with Crippen LogP contribution in [0.3, 0.4) is 0 Å². The zero-order valence-electron chi connectivity index (χ0n) is 7.91. The van der Waals surface area contributed by atoms with Gasteiger partial charge in [-0.3, -0.25) is 9.36 Å². The van der Waals surface area contributed by atoms with E-state index in [2.05, 4.69) is 4.98 Å². The van der Waals surface area contributed by atoms with Gasteiger partial charge < -0.3 is 0 Å². The van der Waals surface area contributed by atoms with Gasteiger partial charge >= 0.3 is 0 Å². The summed E-state index contributed by atoms with van der Waals surface area (Å²) in [5, 5.41) is 2.83. The van der Waals surface area contributed by atoms with Crippen molar-refractivity contribution in [2.45, 2.75) is 26.3 Å². The van der Waals surface area contributed by atoms with Gasteiger partial charge in [-0.2, -0.15) is 0 Å². The van der Waals surface area contributed by atoms with Crippen LogP contribution >= 0.6 is 11.3 Å². The summed E-state index contributed by atoms with van der Waals surface area (Å²) in [7, 11) is 0. The molecule has 3 nitrogen and oxygen atoms in total. The molecule has 4 heteroatoms. The van der Waals surface area contributed by atoms with Crippen molar-refractivity contribution in [2.75, 3.05) is 0 Å². The van der Waals surface area contributed by atoms with Gasteiger partial charge in [-0.15, -0.1) is 11.3 Å². The first-order valence-corrected chi connectivity index (χ1v) is 5.63. The van der Waals surface area contributed by atoms with Crippen molar-refractivity contribution in [2.24, 2.45) is 0 Å². The third-order valence-electron chi connectivity index (χ3n) is 2.74. The summed E-state index contributed by atoms with van der Waals surface area (Å²) in [6, 6.07) is 0. The molecule has 0 aliphatic carbocycles. The molecule has 0 fully saturated rings. The summed E-state index contributed by atoms with van der Waals surface area (Å²) < 4.78 is 1.82. The molecule has 1 aliphatic rings. The highest BCUT2D eigenvalue weighted by Crippen LogP contribution is 2.22. The Morgan fingerprint density at radius 1 is 1.57 bits per heavy atom. The van der Waals surface area contributed by atoms with Crippen LogP contribution in [0.2, 0.25) is 0 Å². The average Bonchev–Trinajstić information content (AvgIpc) is 2.74. The monoisotopic (exact) mass is 206 g/mol. The highest BCUT2D eigenvalue weighted by Gasteiger charge is 2.17. The Morgan fingerprint density at radius 3 is 3.29 bits per heavy atom. The van der Waals surface area contributed by atoms with Gasteiger partial charge in [-0.25, -0.2) is 4.98 Å². The van der Waals surface area contributed by atoms with Crippen LogP contribution in [0.25, 0.3) is 10.2 Å². The fourth-order valence-electron chi connectivity index (χ4n) is 2.02. The van der Waals surface area contributed by atoms with Crippen molar-refractivity contribution >= 4 is 21.6 Å². The second-order valence-electron chi connectivity index (χ2n) is 3.69. The van der Waals surface area contributed by atoms with Gasteiger partial charge in [0.15, 0.2) is 0 Å². The molecule has 0 unspecified atom stereocenters. The predicted octanol–water partition coefficient (Wildman–Crippen LogP) is 1.71. The van der Waals surface area contributed by atoms with Crippen LogP contribution < -0.4 is 5.56 Å². The lowest BCUT2D eigenvalue weighted by atomic mass is 10.3. The van der Waals surface area contributed by atoms with Gasteiger partial charge in [0.05, 0.1) is 5.39 Å². The number of thiophene rings is 1. The lowest BCUT2D eigenvalue weighted by molar-refractivity contribution is 0.719. The molecule has 72 valence electrons. The van der Waals surface area contributed by atoms with Crippen molar-refractivity contribution in [1.29, 1.82) is 0 Å². The maximum absolute atomic E-state index is 12.0. The normalized spacial score (nSPS) is 14.9. The molecule has 0 saturated carbocycles. The lowest BCUT2D eigenvalue weighted by Gasteiger charge is -2.01. The fourth-order valence-corrected chi connectivity index (χ4v) is 2.95. The Hall–Kier alpha value is -1.16. The quantitative estimate of drug-likeness (QED) is 0.657. The van der Waals surface area contributed by atoms with Crippen molar-refractivity contribution in [1.82, 2.24) is 9.55 Å². The van der Waals surface area contributed by atoms with E-state index in [9.17, 15) is 4.79 Å². The molecule has 0 spiro atoms. The summed E-state index contributed by atoms with van der Waals surface area (Å²) in [6.45, 7) is 2.82. The van der Waals surface area contributed by atoms with Gasteiger partial charge in [0, 0.05) is 13.0 Å². The van der Waals surface area contributed by atoms with Gasteiger partial charge in [0.25, 0.3) is 5.56 Å². The van der Waals surface area contributed by atoms with E-state index in [4.69, 9.17) is 0 Å². The number of hydrogen-bond donors (Lipinski definition) is 0. The third-order valence-corrected chi connectivity index (χ3v) is 3.73. The minimum Gasteiger partial charge on any atom is -0.296 e. The van der Waals surface area contributed by atoms with Gasteiger partial charge in [0.2, 0.25) is 0 Å². The first kappa shape index (κ1) is 8.17. The van der Waals surface area contributed by atoms with Crippen molar-refractivity contribution in [3.63, 3.8) is 0 Å². The molecule has 0 aromatic carbocycles. The van der Waals surface area contributed by atoms with E-state index < -0.39 is 0 Å². The molecule has 0 saturated heterocycles. The number of hydrogen-bond acceptors (Lipinski definition) is 3. The van der Waals surface area contributed by atoms with E-state index in [1.54, 1.807) is 11.3 Å². The number of fused-ring (bicyclic) bond motifs is 2. The van der Waals surface area contributed by atoms with Gasteiger partial charge in [0.1, 0.15) is 10.7 Å². The van der Waals surface area contributed by atoms with Crippen LogP contribution in [0.15, 0.2) is 10.2 Å². The molecule has 1 aliphatic heterocycles. The Morgan fingerprint density at radius 2 is 2.43 bits per heavy atom. The molecule has 0 N–H and O–H groups in total. The van der Waals surface area contributed by atoms with E-state index in [0.717, 1.165) is 41.0 Å². The zero-order valence-corrected chi connectivity index (χ0v) is 8.73. The van der Waals surface area contributed by atoms with Crippen LogP contribution in [0.4, 0.5) is 0 Å². The standard InChI is InChI=1S/C10H10N2OS/c1-6-5-14-9-8(6)10(13)12-4-2-3-7(12)11-9/h5H,2-4H2,1H3. The second kappa shape index (κ2) is 2.67. The Labute approximate surface area is 85.0 Å². The molecular weight excluding hydrogens is 196 g/mol. The molecule has 0 atom stereocenters.